The molecule has 2 nitrogen and oxygen atoms in total. The molecule has 96 valence electrons. The Morgan fingerprint density at radius 3 is 2.65 bits per heavy atom. The van der Waals surface area contributed by atoms with Crippen LogP contribution in [0, 0.1) is 5.82 Å². The molecule has 0 fully saturated rings. The Labute approximate surface area is 113 Å². The highest BCUT2D eigenvalue weighted by molar-refractivity contribution is 9.10. The quantitative estimate of drug-likeness (QED) is 0.903. The molecular formula is C12H17BrFNOS. The van der Waals surface area contributed by atoms with Crippen molar-refractivity contribution >= 4 is 26.7 Å². The van der Waals surface area contributed by atoms with E-state index in [-0.39, 0.29) is 17.9 Å². The van der Waals surface area contributed by atoms with Crippen LogP contribution in [-0.4, -0.2) is 22.3 Å². The predicted molar refractivity (Wildman–Crippen MR) is 74.0 cm³/mol. The standard InChI is InChI=1S/C12H17BrFNOS/c1-8(7-17(3)16)15-9(2)11-5-4-10(13)6-12(11)14/h4-6,8-9,15H,7H2,1-3H3. The van der Waals surface area contributed by atoms with E-state index >= 15 is 0 Å². The number of hydrogen-bond donors (Lipinski definition) is 1. The summed E-state index contributed by atoms with van der Waals surface area (Å²) < 4.78 is 25.5. The van der Waals surface area contributed by atoms with Crippen molar-refractivity contribution in [1.29, 1.82) is 0 Å². The van der Waals surface area contributed by atoms with Gasteiger partial charge in [0.2, 0.25) is 0 Å². The van der Waals surface area contributed by atoms with Crippen molar-refractivity contribution in [2.24, 2.45) is 0 Å². The Balaban J connectivity index is 2.69. The summed E-state index contributed by atoms with van der Waals surface area (Å²) in [4.78, 5) is 0. The second kappa shape index (κ2) is 6.61. The molecular weight excluding hydrogens is 305 g/mol. The van der Waals surface area contributed by atoms with E-state index in [0.717, 1.165) is 4.47 Å². The molecule has 0 saturated heterocycles. The van der Waals surface area contributed by atoms with E-state index in [0.29, 0.717) is 11.3 Å². The normalized spacial score (nSPS) is 16.5. The van der Waals surface area contributed by atoms with E-state index in [1.807, 2.05) is 19.9 Å². The molecule has 1 aromatic carbocycles. The summed E-state index contributed by atoms with van der Waals surface area (Å²) in [6, 6.07) is 5.03. The lowest BCUT2D eigenvalue weighted by atomic mass is 10.1. The first-order chi connectivity index (χ1) is 7.90. The van der Waals surface area contributed by atoms with Crippen LogP contribution >= 0.6 is 15.9 Å². The molecule has 0 aliphatic carbocycles. The van der Waals surface area contributed by atoms with Gasteiger partial charge in [0.1, 0.15) is 5.82 Å². The van der Waals surface area contributed by atoms with E-state index in [2.05, 4.69) is 21.2 Å². The monoisotopic (exact) mass is 321 g/mol. The zero-order valence-electron chi connectivity index (χ0n) is 10.2. The molecule has 0 saturated carbocycles. The van der Waals surface area contributed by atoms with Gasteiger partial charge in [-0.3, -0.25) is 4.21 Å². The number of benzene rings is 1. The molecule has 0 bridgehead atoms. The van der Waals surface area contributed by atoms with Crippen molar-refractivity contribution in [2.75, 3.05) is 12.0 Å². The van der Waals surface area contributed by atoms with Crippen molar-refractivity contribution in [2.45, 2.75) is 25.9 Å². The SMILES string of the molecule is CC(CS(C)=O)NC(C)c1ccc(Br)cc1F. The van der Waals surface area contributed by atoms with Crippen LogP contribution in [0.4, 0.5) is 4.39 Å². The number of rotatable bonds is 5. The summed E-state index contributed by atoms with van der Waals surface area (Å²) in [5.41, 5.74) is 0.627. The van der Waals surface area contributed by atoms with Crippen LogP contribution in [0.2, 0.25) is 0 Å². The maximum absolute atomic E-state index is 13.7. The Morgan fingerprint density at radius 1 is 1.47 bits per heavy atom. The van der Waals surface area contributed by atoms with E-state index < -0.39 is 10.8 Å². The van der Waals surface area contributed by atoms with Crippen LogP contribution < -0.4 is 5.32 Å². The molecule has 0 amide bonds. The van der Waals surface area contributed by atoms with Gasteiger partial charge in [0.05, 0.1) is 0 Å². The average molecular weight is 322 g/mol. The largest absolute Gasteiger partial charge is 0.307 e. The van der Waals surface area contributed by atoms with Gasteiger partial charge in [-0.25, -0.2) is 4.39 Å². The van der Waals surface area contributed by atoms with E-state index in [4.69, 9.17) is 0 Å². The third-order valence-corrected chi connectivity index (χ3v) is 3.91. The Hall–Kier alpha value is -0.260. The second-order valence-corrected chi connectivity index (χ2v) is 6.59. The minimum Gasteiger partial charge on any atom is -0.307 e. The first-order valence-corrected chi connectivity index (χ1v) is 7.93. The lowest BCUT2D eigenvalue weighted by molar-refractivity contribution is 0.485. The molecule has 0 heterocycles. The molecule has 1 aromatic rings. The number of hydrogen-bond acceptors (Lipinski definition) is 2. The Bertz CT molecular complexity index is 413. The first kappa shape index (κ1) is 14.8. The fraction of sp³-hybridized carbons (Fsp3) is 0.500. The van der Waals surface area contributed by atoms with Gasteiger partial charge in [-0.2, -0.15) is 0 Å². The molecule has 0 spiro atoms. The number of nitrogens with one attached hydrogen (secondary N) is 1. The molecule has 17 heavy (non-hydrogen) atoms. The average Bonchev–Trinajstić information content (AvgIpc) is 2.15. The second-order valence-electron chi connectivity index (χ2n) is 4.20. The van der Waals surface area contributed by atoms with Gasteiger partial charge in [0.25, 0.3) is 0 Å². The molecule has 3 unspecified atom stereocenters. The first-order valence-electron chi connectivity index (χ1n) is 5.41. The van der Waals surface area contributed by atoms with Crippen LogP contribution in [0.5, 0.6) is 0 Å². The van der Waals surface area contributed by atoms with Gasteiger partial charge in [-0.1, -0.05) is 22.0 Å². The highest BCUT2D eigenvalue weighted by Crippen LogP contribution is 2.21. The molecule has 3 atom stereocenters. The van der Waals surface area contributed by atoms with E-state index in [1.54, 1.807) is 12.3 Å². The maximum Gasteiger partial charge on any atom is 0.129 e. The lowest BCUT2D eigenvalue weighted by Gasteiger charge is -2.20. The van der Waals surface area contributed by atoms with Gasteiger partial charge in [-0.15, -0.1) is 0 Å². The summed E-state index contributed by atoms with van der Waals surface area (Å²) in [5, 5.41) is 3.24. The van der Waals surface area contributed by atoms with Gasteiger partial charge in [0.15, 0.2) is 0 Å². The predicted octanol–water partition coefficient (Wildman–Crippen LogP) is 3.01. The van der Waals surface area contributed by atoms with Crippen molar-refractivity contribution in [3.63, 3.8) is 0 Å². The lowest BCUT2D eigenvalue weighted by Crippen LogP contribution is -2.33. The van der Waals surface area contributed by atoms with Crippen LogP contribution in [0.1, 0.15) is 25.5 Å². The van der Waals surface area contributed by atoms with E-state index in [1.165, 1.54) is 6.07 Å². The summed E-state index contributed by atoms with van der Waals surface area (Å²) in [6.45, 7) is 3.86. The zero-order valence-corrected chi connectivity index (χ0v) is 12.6. The topological polar surface area (TPSA) is 29.1 Å². The molecule has 0 aliphatic rings. The van der Waals surface area contributed by atoms with Crippen molar-refractivity contribution in [3.8, 4) is 0 Å². The van der Waals surface area contributed by atoms with Crippen molar-refractivity contribution < 1.29 is 8.60 Å². The van der Waals surface area contributed by atoms with Crippen LogP contribution in [0.15, 0.2) is 22.7 Å². The summed E-state index contributed by atoms with van der Waals surface area (Å²) in [7, 11) is -0.841. The summed E-state index contributed by atoms with van der Waals surface area (Å²) in [5.74, 6) is 0.340. The minimum absolute atomic E-state index is 0.0957. The van der Waals surface area contributed by atoms with Crippen molar-refractivity contribution in [1.82, 2.24) is 5.32 Å². The van der Waals surface area contributed by atoms with Gasteiger partial charge in [0, 0.05) is 44.9 Å². The fourth-order valence-corrected chi connectivity index (χ4v) is 2.90. The molecule has 0 aromatic heterocycles. The third kappa shape index (κ3) is 4.85. The van der Waals surface area contributed by atoms with Crippen molar-refractivity contribution in [3.05, 3.63) is 34.1 Å². The molecule has 1 rings (SSSR count). The zero-order chi connectivity index (χ0) is 13.0. The smallest absolute Gasteiger partial charge is 0.129 e. The van der Waals surface area contributed by atoms with Gasteiger partial charge in [-0.05, 0) is 26.0 Å². The molecule has 0 radical (unpaired) electrons. The maximum atomic E-state index is 13.7. The van der Waals surface area contributed by atoms with E-state index in [9.17, 15) is 8.60 Å². The molecule has 0 aliphatic heterocycles. The summed E-state index contributed by atoms with van der Waals surface area (Å²) >= 11 is 3.23. The molecule has 1 N–H and O–H groups in total. The highest BCUT2D eigenvalue weighted by Gasteiger charge is 2.14. The van der Waals surface area contributed by atoms with Crippen LogP contribution in [0.25, 0.3) is 0 Å². The fourth-order valence-electron chi connectivity index (χ4n) is 1.77. The number of halogens is 2. The van der Waals surface area contributed by atoms with Gasteiger partial charge < -0.3 is 5.32 Å². The highest BCUT2D eigenvalue weighted by atomic mass is 79.9. The van der Waals surface area contributed by atoms with Crippen LogP contribution in [-0.2, 0) is 10.8 Å². The minimum atomic E-state index is -0.841. The van der Waals surface area contributed by atoms with Crippen LogP contribution in [0.3, 0.4) is 0 Å². The van der Waals surface area contributed by atoms with Gasteiger partial charge >= 0.3 is 0 Å². The Morgan fingerprint density at radius 2 is 2.12 bits per heavy atom. The Kier molecular flexibility index (Phi) is 5.76. The molecule has 5 heteroatoms. The summed E-state index contributed by atoms with van der Waals surface area (Å²) in [6.07, 6.45) is 1.67. The third-order valence-electron chi connectivity index (χ3n) is 2.45.